The summed E-state index contributed by atoms with van der Waals surface area (Å²) in [6.07, 6.45) is 2.35. The van der Waals surface area contributed by atoms with Crippen LogP contribution in [0.15, 0.2) is 30.6 Å². The minimum absolute atomic E-state index is 0.130. The molecule has 0 radical (unpaired) electrons. The van der Waals surface area contributed by atoms with E-state index in [1.165, 1.54) is 0 Å². The molecule has 4 rings (SSSR count). The first kappa shape index (κ1) is 23.0. The number of aliphatic hydroxyl groups is 1. The van der Waals surface area contributed by atoms with Crippen LogP contribution in [0.4, 0.5) is 5.82 Å². The minimum atomic E-state index is -0.514. The van der Waals surface area contributed by atoms with Crippen LogP contribution in [-0.2, 0) is 11.2 Å². The van der Waals surface area contributed by atoms with Gasteiger partial charge >= 0.3 is 0 Å². The van der Waals surface area contributed by atoms with Crippen molar-refractivity contribution in [1.29, 1.82) is 0 Å². The number of halogens is 1. The predicted molar refractivity (Wildman–Crippen MR) is 126 cm³/mol. The number of piperazine rings is 1. The molecule has 172 valence electrons. The van der Waals surface area contributed by atoms with Crippen LogP contribution in [-0.4, -0.2) is 64.1 Å². The summed E-state index contributed by atoms with van der Waals surface area (Å²) in [5, 5.41) is 14.4. The molecule has 32 heavy (non-hydrogen) atoms. The van der Waals surface area contributed by atoms with Crippen LogP contribution >= 0.6 is 11.6 Å². The summed E-state index contributed by atoms with van der Waals surface area (Å²) in [7, 11) is 0. The minimum Gasteiger partial charge on any atom is -0.387 e. The van der Waals surface area contributed by atoms with Gasteiger partial charge in [0.1, 0.15) is 12.1 Å². The van der Waals surface area contributed by atoms with Gasteiger partial charge < -0.3 is 20.2 Å². The van der Waals surface area contributed by atoms with Gasteiger partial charge in [-0.1, -0.05) is 44.5 Å². The first-order valence-electron chi connectivity index (χ1n) is 11.4. The fourth-order valence-corrected chi connectivity index (χ4v) is 4.92. The lowest BCUT2D eigenvalue weighted by atomic mass is 10.0. The standard InChI is InChI=1S/C24H32ClN5O2/c1-15(2)28-19(13-17-4-6-18(25)7-5-17)24(32)30-10-8-29(9-11-30)23-21-16(3)12-20(31)22(21)26-14-27-23/h4-7,14-16,19-20,28,31H,8-13H2,1-3H3/t16-,19?,20-/m1/s1. The number of benzene rings is 1. The Hall–Kier alpha value is -2.22. The van der Waals surface area contributed by atoms with Gasteiger partial charge in [0, 0.05) is 42.8 Å². The van der Waals surface area contributed by atoms with Gasteiger partial charge in [0.05, 0.1) is 17.8 Å². The van der Waals surface area contributed by atoms with Gasteiger partial charge in [-0.05, 0) is 36.5 Å². The number of nitrogens with one attached hydrogen (secondary N) is 1. The SMILES string of the molecule is CC(C)NC(Cc1ccc(Cl)cc1)C(=O)N1CCN(c2ncnc3c2[C@H](C)C[C@H]3O)CC1. The van der Waals surface area contributed by atoms with Crippen LogP contribution in [0.3, 0.4) is 0 Å². The Labute approximate surface area is 194 Å². The van der Waals surface area contributed by atoms with E-state index in [1.807, 2.05) is 29.2 Å². The van der Waals surface area contributed by atoms with E-state index >= 15 is 0 Å². The number of carbonyl (C=O) groups is 1. The smallest absolute Gasteiger partial charge is 0.240 e. The molecule has 7 nitrogen and oxygen atoms in total. The monoisotopic (exact) mass is 457 g/mol. The van der Waals surface area contributed by atoms with Gasteiger partial charge in [-0.25, -0.2) is 9.97 Å². The zero-order chi connectivity index (χ0) is 22.8. The molecule has 1 saturated heterocycles. The maximum atomic E-state index is 13.4. The summed E-state index contributed by atoms with van der Waals surface area (Å²) < 4.78 is 0. The quantitative estimate of drug-likeness (QED) is 0.694. The molecule has 1 aliphatic carbocycles. The van der Waals surface area contributed by atoms with E-state index in [9.17, 15) is 9.90 Å². The molecule has 2 aliphatic rings. The van der Waals surface area contributed by atoms with Crippen molar-refractivity contribution in [3.8, 4) is 0 Å². The molecule has 1 fully saturated rings. The fourth-order valence-electron chi connectivity index (χ4n) is 4.79. The second-order valence-electron chi connectivity index (χ2n) is 9.17. The lowest BCUT2D eigenvalue weighted by molar-refractivity contribution is -0.134. The third-order valence-electron chi connectivity index (χ3n) is 6.36. The molecule has 8 heteroatoms. The second kappa shape index (κ2) is 9.73. The van der Waals surface area contributed by atoms with Gasteiger partial charge in [-0.2, -0.15) is 0 Å². The first-order chi connectivity index (χ1) is 15.3. The van der Waals surface area contributed by atoms with E-state index in [0.717, 1.165) is 22.6 Å². The lowest BCUT2D eigenvalue weighted by Gasteiger charge is -2.38. The molecule has 0 bridgehead atoms. The number of fused-ring (bicyclic) bond motifs is 1. The Balaban J connectivity index is 1.43. The van der Waals surface area contributed by atoms with E-state index in [2.05, 4.69) is 41.0 Å². The third kappa shape index (κ3) is 4.90. The van der Waals surface area contributed by atoms with E-state index in [1.54, 1.807) is 6.33 Å². The fraction of sp³-hybridized carbons (Fsp3) is 0.542. The second-order valence-corrected chi connectivity index (χ2v) is 9.60. The summed E-state index contributed by atoms with van der Waals surface area (Å²) in [6.45, 7) is 8.95. The molecule has 0 saturated carbocycles. The highest BCUT2D eigenvalue weighted by atomic mass is 35.5. The Bertz CT molecular complexity index is 944. The molecule has 1 aliphatic heterocycles. The summed E-state index contributed by atoms with van der Waals surface area (Å²) in [5.74, 6) is 1.27. The molecular formula is C24H32ClN5O2. The Morgan fingerprint density at radius 3 is 2.53 bits per heavy atom. The van der Waals surface area contributed by atoms with Gasteiger partial charge in [-0.3, -0.25) is 4.79 Å². The van der Waals surface area contributed by atoms with Crippen molar-refractivity contribution < 1.29 is 9.90 Å². The number of anilines is 1. The zero-order valence-corrected chi connectivity index (χ0v) is 19.7. The summed E-state index contributed by atoms with van der Waals surface area (Å²) in [5.41, 5.74) is 2.90. The normalized spacial score (nSPS) is 21.7. The van der Waals surface area contributed by atoms with Gasteiger partial charge in [0.2, 0.25) is 5.91 Å². The van der Waals surface area contributed by atoms with E-state index in [4.69, 9.17) is 11.6 Å². The summed E-state index contributed by atoms with van der Waals surface area (Å²) in [6, 6.07) is 7.62. The van der Waals surface area contributed by atoms with Crippen LogP contribution in [0.2, 0.25) is 5.02 Å². The topological polar surface area (TPSA) is 81.6 Å². The average molecular weight is 458 g/mol. The van der Waals surface area contributed by atoms with Crippen LogP contribution in [0.5, 0.6) is 0 Å². The molecular weight excluding hydrogens is 426 g/mol. The Morgan fingerprint density at radius 2 is 1.88 bits per heavy atom. The predicted octanol–water partition coefficient (Wildman–Crippen LogP) is 2.93. The zero-order valence-electron chi connectivity index (χ0n) is 19.0. The average Bonchev–Trinajstić information content (AvgIpc) is 3.08. The van der Waals surface area contributed by atoms with Gasteiger partial charge in [0.25, 0.3) is 0 Å². The Morgan fingerprint density at radius 1 is 1.19 bits per heavy atom. The number of hydrogen-bond donors (Lipinski definition) is 2. The number of aromatic nitrogens is 2. The first-order valence-corrected chi connectivity index (χ1v) is 11.8. The molecule has 2 aromatic rings. The van der Waals surface area contributed by atoms with Crippen molar-refractivity contribution in [2.75, 3.05) is 31.1 Å². The number of nitrogens with zero attached hydrogens (tertiary/aromatic N) is 4. The molecule has 3 atom stereocenters. The molecule has 1 unspecified atom stereocenters. The van der Waals surface area contributed by atoms with Gasteiger partial charge in [-0.15, -0.1) is 0 Å². The largest absolute Gasteiger partial charge is 0.387 e. The molecule has 1 amide bonds. The molecule has 2 N–H and O–H groups in total. The number of amides is 1. The maximum Gasteiger partial charge on any atom is 0.240 e. The van der Waals surface area contributed by atoms with Crippen LogP contribution in [0.1, 0.15) is 56.0 Å². The van der Waals surface area contributed by atoms with Crippen molar-refractivity contribution in [3.05, 3.63) is 52.4 Å². The molecule has 2 heterocycles. The van der Waals surface area contributed by atoms with Crippen molar-refractivity contribution in [2.24, 2.45) is 0 Å². The van der Waals surface area contributed by atoms with E-state index in [-0.39, 0.29) is 23.9 Å². The van der Waals surface area contributed by atoms with E-state index < -0.39 is 6.10 Å². The maximum absolute atomic E-state index is 13.4. The lowest BCUT2D eigenvalue weighted by Crippen LogP contribution is -2.56. The number of rotatable bonds is 6. The molecule has 1 aromatic carbocycles. The number of aliphatic hydroxyl groups excluding tert-OH is 1. The van der Waals surface area contributed by atoms with Crippen molar-refractivity contribution in [2.45, 2.75) is 57.7 Å². The summed E-state index contributed by atoms with van der Waals surface area (Å²) >= 11 is 6.01. The van der Waals surface area contributed by atoms with Crippen molar-refractivity contribution >= 4 is 23.3 Å². The van der Waals surface area contributed by atoms with Crippen LogP contribution in [0, 0.1) is 0 Å². The van der Waals surface area contributed by atoms with E-state index in [0.29, 0.717) is 44.0 Å². The molecule has 1 aromatic heterocycles. The molecule has 0 spiro atoms. The van der Waals surface area contributed by atoms with Crippen LogP contribution in [0.25, 0.3) is 0 Å². The van der Waals surface area contributed by atoms with Crippen molar-refractivity contribution in [3.63, 3.8) is 0 Å². The Kier molecular flexibility index (Phi) is 6.98. The highest BCUT2D eigenvalue weighted by molar-refractivity contribution is 6.30. The highest BCUT2D eigenvalue weighted by Crippen LogP contribution is 2.42. The third-order valence-corrected chi connectivity index (χ3v) is 6.61. The van der Waals surface area contributed by atoms with Gasteiger partial charge in [0.15, 0.2) is 0 Å². The summed E-state index contributed by atoms with van der Waals surface area (Å²) in [4.78, 5) is 26.4. The highest BCUT2D eigenvalue weighted by Gasteiger charge is 2.34. The number of carbonyl (C=O) groups excluding carboxylic acids is 1. The van der Waals surface area contributed by atoms with Crippen LogP contribution < -0.4 is 10.2 Å². The van der Waals surface area contributed by atoms with Crippen molar-refractivity contribution in [1.82, 2.24) is 20.2 Å². The number of hydrogen-bond acceptors (Lipinski definition) is 6.